The summed E-state index contributed by atoms with van der Waals surface area (Å²) < 4.78 is 6.18. The second-order valence-electron chi connectivity index (χ2n) is 8.62. The molecule has 0 aromatic carbocycles. The first kappa shape index (κ1) is 18.4. The zero-order valence-corrected chi connectivity index (χ0v) is 16.5. The van der Waals surface area contributed by atoms with Gasteiger partial charge in [0.15, 0.2) is 0 Å². The lowest BCUT2D eigenvalue weighted by atomic mass is 9.77. The summed E-state index contributed by atoms with van der Waals surface area (Å²) in [6.07, 6.45) is 8.53. The van der Waals surface area contributed by atoms with Crippen LogP contribution in [0.4, 0.5) is 0 Å². The van der Waals surface area contributed by atoms with E-state index in [4.69, 9.17) is 4.74 Å². The fourth-order valence-corrected chi connectivity index (χ4v) is 4.08. The van der Waals surface area contributed by atoms with Gasteiger partial charge in [-0.15, -0.1) is 0 Å². The van der Waals surface area contributed by atoms with Gasteiger partial charge in [-0.3, -0.25) is 4.98 Å². The lowest BCUT2D eigenvalue weighted by molar-refractivity contribution is 0.0168. The average Bonchev–Trinajstić information content (AvgIpc) is 3.41. The van der Waals surface area contributed by atoms with E-state index >= 15 is 0 Å². The molecule has 2 atom stereocenters. The van der Waals surface area contributed by atoms with Crippen molar-refractivity contribution in [3.63, 3.8) is 0 Å². The minimum atomic E-state index is -0.536. The van der Waals surface area contributed by atoms with Crippen molar-refractivity contribution in [1.29, 1.82) is 0 Å². The Labute approximate surface area is 161 Å². The molecule has 2 saturated carbocycles. The number of rotatable bonds is 5. The van der Waals surface area contributed by atoms with Crippen molar-refractivity contribution >= 4 is 0 Å². The van der Waals surface area contributed by atoms with Gasteiger partial charge in [0, 0.05) is 35.5 Å². The van der Waals surface area contributed by atoms with Crippen LogP contribution in [0, 0.1) is 19.8 Å². The average molecular weight is 367 g/mol. The van der Waals surface area contributed by atoms with Crippen LogP contribution in [-0.4, -0.2) is 32.3 Å². The van der Waals surface area contributed by atoms with Gasteiger partial charge in [0.2, 0.25) is 5.88 Å². The standard InChI is InChI=1S/C22H29N3O2/c1-14-4-5-20(24-11-14)18-10-17(18)13-27-21-19(12-23-15(2)25-21)16-6-8-22(3,26)9-7-16/h4-5,11-12,16-18,26H,6-10,13H2,1-3H3/t16-,17?,18-,22+/m1/s1. The van der Waals surface area contributed by atoms with Crippen LogP contribution in [0.15, 0.2) is 24.5 Å². The normalized spacial score (nSPS) is 30.1. The topological polar surface area (TPSA) is 68.1 Å². The molecule has 2 heterocycles. The van der Waals surface area contributed by atoms with Crippen molar-refractivity contribution in [2.75, 3.05) is 6.61 Å². The van der Waals surface area contributed by atoms with E-state index in [1.54, 1.807) is 0 Å². The van der Waals surface area contributed by atoms with E-state index in [0.29, 0.717) is 24.4 Å². The molecule has 27 heavy (non-hydrogen) atoms. The maximum Gasteiger partial charge on any atom is 0.220 e. The number of hydrogen-bond acceptors (Lipinski definition) is 5. The lowest BCUT2D eigenvalue weighted by Crippen LogP contribution is -2.29. The molecular formula is C22H29N3O2. The molecule has 0 amide bonds. The first-order valence-electron chi connectivity index (χ1n) is 10.0. The molecule has 2 aliphatic rings. The Morgan fingerprint density at radius 1 is 1.15 bits per heavy atom. The van der Waals surface area contributed by atoms with E-state index in [1.165, 1.54) is 11.3 Å². The van der Waals surface area contributed by atoms with E-state index < -0.39 is 5.60 Å². The van der Waals surface area contributed by atoms with Gasteiger partial charge in [-0.25, -0.2) is 4.98 Å². The highest BCUT2D eigenvalue weighted by molar-refractivity contribution is 5.29. The highest BCUT2D eigenvalue weighted by Gasteiger charge is 2.40. The van der Waals surface area contributed by atoms with Gasteiger partial charge in [0.25, 0.3) is 0 Å². The first-order chi connectivity index (χ1) is 12.9. The quantitative estimate of drug-likeness (QED) is 0.862. The molecule has 1 N–H and O–H groups in total. The van der Waals surface area contributed by atoms with Gasteiger partial charge < -0.3 is 9.84 Å². The summed E-state index contributed by atoms with van der Waals surface area (Å²) in [5.41, 5.74) is 2.93. The van der Waals surface area contributed by atoms with Crippen LogP contribution in [0.25, 0.3) is 0 Å². The summed E-state index contributed by atoms with van der Waals surface area (Å²) in [4.78, 5) is 13.5. The number of hydrogen-bond donors (Lipinski definition) is 1. The molecule has 0 radical (unpaired) electrons. The Hall–Kier alpha value is -2.01. The molecule has 1 unspecified atom stereocenters. The van der Waals surface area contributed by atoms with Gasteiger partial charge >= 0.3 is 0 Å². The van der Waals surface area contributed by atoms with Gasteiger partial charge in [0.1, 0.15) is 5.82 Å². The van der Waals surface area contributed by atoms with Crippen molar-refractivity contribution in [3.05, 3.63) is 47.2 Å². The summed E-state index contributed by atoms with van der Waals surface area (Å²) in [5.74, 6) is 2.85. The highest BCUT2D eigenvalue weighted by Crippen LogP contribution is 2.47. The van der Waals surface area contributed by atoms with Crippen LogP contribution in [0.2, 0.25) is 0 Å². The van der Waals surface area contributed by atoms with Crippen molar-refractivity contribution < 1.29 is 9.84 Å². The molecule has 5 nitrogen and oxygen atoms in total. The summed E-state index contributed by atoms with van der Waals surface area (Å²) >= 11 is 0. The monoisotopic (exact) mass is 367 g/mol. The molecule has 0 aliphatic heterocycles. The third-order valence-electron chi connectivity index (χ3n) is 6.07. The lowest BCUT2D eigenvalue weighted by Gasteiger charge is -2.33. The number of ether oxygens (including phenoxy) is 1. The van der Waals surface area contributed by atoms with Crippen molar-refractivity contribution in [2.45, 2.75) is 70.3 Å². The van der Waals surface area contributed by atoms with E-state index in [1.807, 2.05) is 26.2 Å². The number of aryl methyl sites for hydroxylation is 2. The first-order valence-corrected chi connectivity index (χ1v) is 10.0. The maximum absolute atomic E-state index is 10.2. The van der Waals surface area contributed by atoms with Crippen LogP contribution in [-0.2, 0) is 0 Å². The van der Waals surface area contributed by atoms with Crippen molar-refractivity contribution in [3.8, 4) is 5.88 Å². The molecule has 5 heteroatoms. The summed E-state index contributed by atoms with van der Waals surface area (Å²) in [7, 11) is 0. The molecule has 0 bridgehead atoms. The Morgan fingerprint density at radius 2 is 1.93 bits per heavy atom. The van der Waals surface area contributed by atoms with Gasteiger partial charge in [-0.1, -0.05) is 6.07 Å². The third-order valence-corrected chi connectivity index (χ3v) is 6.07. The Bertz CT molecular complexity index is 794. The predicted octanol–water partition coefficient (Wildman–Crippen LogP) is 4.08. The van der Waals surface area contributed by atoms with E-state index in [-0.39, 0.29) is 0 Å². The molecule has 2 aromatic rings. The molecular weight excluding hydrogens is 338 g/mol. The predicted molar refractivity (Wildman–Crippen MR) is 104 cm³/mol. The second-order valence-corrected chi connectivity index (χ2v) is 8.62. The number of nitrogens with zero attached hydrogens (tertiary/aromatic N) is 3. The summed E-state index contributed by atoms with van der Waals surface area (Å²) in [6.45, 7) is 6.57. The molecule has 2 fully saturated rings. The molecule has 2 aromatic heterocycles. The molecule has 0 spiro atoms. The van der Waals surface area contributed by atoms with Crippen LogP contribution in [0.5, 0.6) is 5.88 Å². The zero-order valence-electron chi connectivity index (χ0n) is 16.5. The van der Waals surface area contributed by atoms with Crippen LogP contribution < -0.4 is 4.74 Å². The minimum absolute atomic E-state index is 0.370. The van der Waals surface area contributed by atoms with Gasteiger partial charge in [-0.05, 0) is 70.4 Å². The van der Waals surface area contributed by atoms with E-state index in [2.05, 4.69) is 34.0 Å². The fraction of sp³-hybridized carbons (Fsp3) is 0.591. The zero-order chi connectivity index (χ0) is 19.0. The number of aliphatic hydroxyl groups is 1. The largest absolute Gasteiger partial charge is 0.477 e. The minimum Gasteiger partial charge on any atom is -0.477 e. The third kappa shape index (κ3) is 4.29. The van der Waals surface area contributed by atoms with Gasteiger partial charge in [-0.2, -0.15) is 4.98 Å². The van der Waals surface area contributed by atoms with Crippen molar-refractivity contribution in [2.24, 2.45) is 5.92 Å². The summed E-state index contributed by atoms with van der Waals surface area (Å²) in [5, 5.41) is 10.2. The number of aromatic nitrogens is 3. The van der Waals surface area contributed by atoms with E-state index in [0.717, 1.165) is 49.4 Å². The second kappa shape index (κ2) is 7.19. The molecule has 0 saturated heterocycles. The SMILES string of the molecule is Cc1ccc([C@@H]2CC2COc2nc(C)ncc2[C@H]2CC[C@@](C)(O)CC2)nc1. The van der Waals surface area contributed by atoms with Crippen molar-refractivity contribution in [1.82, 2.24) is 15.0 Å². The highest BCUT2D eigenvalue weighted by atomic mass is 16.5. The molecule has 144 valence electrons. The Kier molecular flexibility index (Phi) is 4.89. The van der Waals surface area contributed by atoms with Crippen LogP contribution in [0.1, 0.15) is 73.5 Å². The van der Waals surface area contributed by atoms with Crippen LogP contribution in [0.3, 0.4) is 0 Å². The van der Waals surface area contributed by atoms with Gasteiger partial charge in [0.05, 0.1) is 12.2 Å². The Balaban J connectivity index is 1.40. The molecule has 2 aliphatic carbocycles. The maximum atomic E-state index is 10.2. The summed E-state index contributed by atoms with van der Waals surface area (Å²) in [6, 6.07) is 4.26. The molecule has 4 rings (SSSR count). The van der Waals surface area contributed by atoms with Crippen LogP contribution >= 0.6 is 0 Å². The Morgan fingerprint density at radius 3 is 2.63 bits per heavy atom. The van der Waals surface area contributed by atoms with E-state index in [9.17, 15) is 5.11 Å². The number of pyridine rings is 1. The fourth-order valence-electron chi connectivity index (χ4n) is 4.08. The smallest absolute Gasteiger partial charge is 0.220 e.